The molecule has 270 valence electrons. The van der Waals surface area contributed by atoms with E-state index >= 15 is 0 Å². The van der Waals surface area contributed by atoms with Gasteiger partial charge in [-0.15, -0.1) is 0 Å². The molecule has 4 heteroatoms. The van der Waals surface area contributed by atoms with Gasteiger partial charge >= 0.3 is 0 Å². The van der Waals surface area contributed by atoms with Crippen molar-refractivity contribution >= 4 is 5.91 Å². The molecule has 0 radical (unpaired) electrons. The number of unbranched alkanes of at least 4 members (excludes halogenated alkanes) is 31. The summed E-state index contributed by atoms with van der Waals surface area (Å²) in [6.07, 6.45) is 44.6. The monoisotopic (exact) mass is 638 g/mol. The van der Waals surface area contributed by atoms with Gasteiger partial charge < -0.3 is 15.5 Å². The first-order chi connectivity index (χ1) is 22.2. The van der Waals surface area contributed by atoms with Gasteiger partial charge in [0.05, 0.1) is 18.8 Å². The maximum atomic E-state index is 12.4. The van der Waals surface area contributed by atoms with E-state index in [0.717, 1.165) is 25.7 Å². The Balaban J connectivity index is 3.46. The average molecular weight is 638 g/mol. The highest BCUT2D eigenvalue weighted by Gasteiger charge is 2.20. The summed E-state index contributed by atoms with van der Waals surface area (Å²) in [6.45, 7) is 4.37. The highest BCUT2D eigenvalue weighted by atomic mass is 16.3. The van der Waals surface area contributed by atoms with Crippen molar-refractivity contribution in [1.29, 1.82) is 0 Å². The molecule has 0 spiro atoms. The highest BCUT2D eigenvalue weighted by molar-refractivity contribution is 5.76. The van der Waals surface area contributed by atoms with Crippen LogP contribution in [0.3, 0.4) is 0 Å². The van der Waals surface area contributed by atoms with Crippen molar-refractivity contribution in [3.05, 3.63) is 0 Å². The number of carbonyl (C=O) groups excluding carboxylic acids is 1. The number of nitrogens with one attached hydrogen (secondary N) is 1. The molecular weight excluding hydrogens is 554 g/mol. The van der Waals surface area contributed by atoms with Gasteiger partial charge in [-0.05, 0) is 12.8 Å². The van der Waals surface area contributed by atoms with Gasteiger partial charge in [0.25, 0.3) is 0 Å². The molecule has 0 rings (SSSR count). The molecule has 0 aliphatic heterocycles. The molecule has 0 heterocycles. The summed E-state index contributed by atoms with van der Waals surface area (Å²) in [6, 6.07) is -0.528. The van der Waals surface area contributed by atoms with Crippen LogP contribution < -0.4 is 5.32 Å². The summed E-state index contributed by atoms with van der Waals surface area (Å²) in [5.41, 5.74) is 0. The first-order valence-electron chi connectivity index (χ1n) is 20.7. The van der Waals surface area contributed by atoms with E-state index in [1.165, 1.54) is 186 Å². The van der Waals surface area contributed by atoms with Gasteiger partial charge in [-0.2, -0.15) is 0 Å². The molecule has 4 nitrogen and oxygen atoms in total. The van der Waals surface area contributed by atoms with Gasteiger partial charge in [0, 0.05) is 6.42 Å². The number of amides is 1. The SMILES string of the molecule is CCCCCCCCCCCCCCCCCCCCCCC(=O)NC(CO)C(O)CCCCCCCCCCCCCCC. The second-order valence-electron chi connectivity index (χ2n) is 14.4. The zero-order valence-electron chi connectivity index (χ0n) is 30.9. The van der Waals surface area contributed by atoms with Crippen molar-refractivity contribution in [2.75, 3.05) is 6.61 Å². The second kappa shape index (κ2) is 37.8. The van der Waals surface area contributed by atoms with Crippen molar-refractivity contribution in [2.24, 2.45) is 0 Å². The molecule has 3 N–H and O–H groups in total. The predicted molar refractivity (Wildman–Crippen MR) is 198 cm³/mol. The molecule has 1 amide bonds. The molecule has 2 atom stereocenters. The van der Waals surface area contributed by atoms with Gasteiger partial charge in [0.1, 0.15) is 0 Å². The lowest BCUT2D eigenvalue weighted by atomic mass is 10.0. The Labute approximate surface area is 283 Å². The maximum absolute atomic E-state index is 12.4. The summed E-state index contributed by atoms with van der Waals surface area (Å²) < 4.78 is 0. The normalized spacial score (nSPS) is 12.9. The van der Waals surface area contributed by atoms with Crippen LogP contribution in [0.15, 0.2) is 0 Å². The van der Waals surface area contributed by atoms with E-state index in [9.17, 15) is 15.0 Å². The van der Waals surface area contributed by atoms with Crippen LogP contribution in [0.2, 0.25) is 0 Å². The van der Waals surface area contributed by atoms with Gasteiger partial charge in [0.2, 0.25) is 5.91 Å². The number of hydrogen-bond acceptors (Lipinski definition) is 3. The Morgan fingerprint density at radius 3 is 1.00 bits per heavy atom. The van der Waals surface area contributed by atoms with Gasteiger partial charge in [-0.3, -0.25) is 4.79 Å². The Bertz CT molecular complexity index is 569. The number of hydrogen-bond donors (Lipinski definition) is 3. The fraction of sp³-hybridized carbons (Fsp3) is 0.976. The summed E-state index contributed by atoms with van der Waals surface area (Å²) in [5, 5.41) is 23.1. The molecule has 0 saturated carbocycles. The minimum atomic E-state index is -0.651. The number of rotatable bonds is 38. The van der Waals surface area contributed by atoms with Crippen LogP contribution in [0, 0.1) is 0 Å². The van der Waals surface area contributed by atoms with E-state index in [2.05, 4.69) is 19.2 Å². The summed E-state index contributed by atoms with van der Waals surface area (Å²) in [7, 11) is 0. The molecule has 0 aliphatic rings. The van der Waals surface area contributed by atoms with Gasteiger partial charge in [0.15, 0.2) is 0 Å². The van der Waals surface area contributed by atoms with Gasteiger partial charge in [-0.25, -0.2) is 0 Å². The quantitative estimate of drug-likeness (QED) is 0.0590. The molecule has 0 saturated heterocycles. The van der Waals surface area contributed by atoms with Crippen molar-refractivity contribution in [2.45, 2.75) is 251 Å². The number of aliphatic hydroxyl groups is 2. The molecule has 45 heavy (non-hydrogen) atoms. The third-order valence-corrected chi connectivity index (χ3v) is 9.87. The van der Waals surface area contributed by atoms with Crippen LogP contribution in [0.5, 0.6) is 0 Å². The lowest BCUT2D eigenvalue weighted by Crippen LogP contribution is -2.45. The maximum Gasteiger partial charge on any atom is 0.220 e. The fourth-order valence-electron chi connectivity index (χ4n) is 6.66. The van der Waals surface area contributed by atoms with Crippen LogP contribution in [-0.4, -0.2) is 34.9 Å². The Morgan fingerprint density at radius 1 is 0.444 bits per heavy atom. The largest absolute Gasteiger partial charge is 0.394 e. The van der Waals surface area contributed by atoms with Crippen LogP contribution in [-0.2, 0) is 4.79 Å². The van der Waals surface area contributed by atoms with Crippen LogP contribution in [0.1, 0.15) is 239 Å². The lowest BCUT2D eigenvalue weighted by Gasteiger charge is -2.22. The molecule has 0 aromatic heterocycles. The van der Waals surface area contributed by atoms with E-state index in [1.807, 2.05) is 0 Å². The van der Waals surface area contributed by atoms with Crippen LogP contribution in [0.25, 0.3) is 0 Å². The second-order valence-corrected chi connectivity index (χ2v) is 14.4. The van der Waals surface area contributed by atoms with Crippen LogP contribution >= 0.6 is 0 Å². The first-order valence-corrected chi connectivity index (χ1v) is 20.7. The third-order valence-electron chi connectivity index (χ3n) is 9.87. The average Bonchev–Trinajstić information content (AvgIpc) is 3.04. The third kappa shape index (κ3) is 34.5. The smallest absolute Gasteiger partial charge is 0.220 e. The van der Waals surface area contributed by atoms with E-state index < -0.39 is 12.1 Å². The summed E-state index contributed by atoms with van der Waals surface area (Å²) in [4.78, 5) is 12.4. The van der Waals surface area contributed by atoms with Crippen molar-refractivity contribution in [3.8, 4) is 0 Å². The van der Waals surface area contributed by atoms with Crippen LogP contribution in [0.4, 0.5) is 0 Å². The minimum Gasteiger partial charge on any atom is -0.394 e. The fourth-order valence-corrected chi connectivity index (χ4v) is 6.66. The molecule has 0 bridgehead atoms. The molecular formula is C41H83NO3. The molecule has 0 aliphatic carbocycles. The highest BCUT2D eigenvalue weighted by Crippen LogP contribution is 2.16. The minimum absolute atomic E-state index is 0.0270. The predicted octanol–water partition coefficient (Wildman–Crippen LogP) is 12.5. The van der Waals surface area contributed by atoms with E-state index in [1.54, 1.807) is 0 Å². The van der Waals surface area contributed by atoms with Gasteiger partial charge in [-0.1, -0.05) is 219 Å². The van der Waals surface area contributed by atoms with Crippen molar-refractivity contribution in [1.82, 2.24) is 5.32 Å². The Hall–Kier alpha value is -0.610. The van der Waals surface area contributed by atoms with Crippen molar-refractivity contribution in [3.63, 3.8) is 0 Å². The lowest BCUT2D eigenvalue weighted by molar-refractivity contribution is -0.123. The number of carbonyl (C=O) groups is 1. The summed E-state index contributed by atoms with van der Waals surface area (Å²) >= 11 is 0. The summed E-state index contributed by atoms with van der Waals surface area (Å²) in [5.74, 6) is -0.0270. The van der Waals surface area contributed by atoms with Crippen molar-refractivity contribution < 1.29 is 15.0 Å². The Morgan fingerprint density at radius 2 is 0.711 bits per heavy atom. The number of aliphatic hydroxyl groups excluding tert-OH is 2. The molecule has 0 fully saturated rings. The van der Waals surface area contributed by atoms with E-state index in [4.69, 9.17) is 0 Å². The first kappa shape index (κ1) is 44.4. The standard InChI is InChI=1S/C41H83NO3/c1-3-5-7-9-11-13-15-17-18-19-20-21-22-23-25-27-29-31-33-35-37-41(45)42-39(38-43)40(44)36-34-32-30-28-26-24-16-14-12-10-8-6-4-2/h39-40,43-44H,3-38H2,1-2H3,(H,42,45). The molecule has 2 unspecified atom stereocenters. The topological polar surface area (TPSA) is 69.6 Å². The zero-order chi connectivity index (χ0) is 32.9. The zero-order valence-corrected chi connectivity index (χ0v) is 30.9. The Kier molecular flexibility index (Phi) is 37.3. The van der Waals surface area contributed by atoms with E-state index in [-0.39, 0.29) is 12.5 Å². The molecule has 0 aromatic carbocycles. The molecule has 0 aromatic rings. The van der Waals surface area contributed by atoms with E-state index in [0.29, 0.717) is 12.8 Å².